The molecule has 0 aliphatic rings. The molecule has 4 heteroatoms. The van der Waals surface area contributed by atoms with Crippen molar-refractivity contribution >= 4 is 11.8 Å². The Bertz CT molecular complexity index is 130. The smallest absolute Gasteiger partial charge is 0.379 e. The third-order valence-electron chi connectivity index (χ3n) is 0.478. The van der Waals surface area contributed by atoms with E-state index in [1.54, 1.807) is 0 Å². The van der Waals surface area contributed by atoms with Gasteiger partial charge in [0.25, 0.3) is 0 Å². The number of carbonyl (C=O) groups is 2. The van der Waals surface area contributed by atoms with Crippen LogP contribution in [0.2, 0.25) is 0 Å². The summed E-state index contributed by atoms with van der Waals surface area (Å²) in [6.45, 7) is 4.22. The van der Waals surface area contributed by atoms with Gasteiger partial charge in [-0.05, 0) is 0 Å². The van der Waals surface area contributed by atoms with Gasteiger partial charge in [-0.3, -0.25) is 4.79 Å². The van der Waals surface area contributed by atoms with Gasteiger partial charge in [0, 0.05) is 23.4 Å². The Morgan fingerprint density at radius 2 is 2.00 bits per heavy atom. The van der Waals surface area contributed by atoms with Crippen molar-refractivity contribution in [3.8, 4) is 0 Å². The van der Waals surface area contributed by atoms with Gasteiger partial charge in [-0.1, -0.05) is 6.58 Å². The van der Waals surface area contributed by atoms with Gasteiger partial charge >= 0.3 is 5.97 Å². The molecule has 0 heterocycles. The third-order valence-corrected chi connectivity index (χ3v) is 0.478. The first kappa shape index (κ1) is 11.2. The molecule has 3 nitrogen and oxygen atoms in total. The molecule has 0 amide bonds. The molecular formula is C5H6NiO3. The van der Waals surface area contributed by atoms with Crippen LogP contribution in [0.25, 0.3) is 0 Å². The van der Waals surface area contributed by atoms with Gasteiger partial charge in [0.2, 0.25) is 5.78 Å². The molecule has 0 N–H and O–H groups in total. The van der Waals surface area contributed by atoms with Crippen LogP contribution < -0.4 is 0 Å². The van der Waals surface area contributed by atoms with Crippen molar-refractivity contribution in [2.75, 3.05) is 0 Å². The van der Waals surface area contributed by atoms with Crippen LogP contribution in [-0.4, -0.2) is 11.8 Å². The Kier molecular flexibility index (Phi) is 6.86. The van der Waals surface area contributed by atoms with Gasteiger partial charge < -0.3 is 4.74 Å². The zero-order valence-electron chi connectivity index (χ0n) is 4.83. The molecule has 0 aliphatic carbocycles. The van der Waals surface area contributed by atoms with E-state index in [1.165, 1.54) is 0 Å². The second kappa shape index (κ2) is 5.51. The molecule has 0 aromatic carbocycles. The predicted molar refractivity (Wildman–Crippen MR) is 27.0 cm³/mol. The predicted octanol–water partition coefficient (Wildman–Crippen LogP) is 0.260. The van der Waals surface area contributed by atoms with E-state index in [2.05, 4.69) is 11.3 Å². The zero-order valence-corrected chi connectivity index (χ0v) is 5.81. The molecule has 0 fully saturated rings. The minimum absolute atomic E-state index is 0. The molecular weight excluding hydrogens is 167 g/mol. The number of ether oxygens (including phenoxy) is 1. The van der Waals surface area contributed by atoms with E-state index < -0.39 is 11.8 Å². The summed E-state index contributed by atoms with van der Waals surface area (Å²) in [6, 6.07) is 0. The van der Waals surface area contributed by atoms with Crippen molar-refractivity contribution in [2.24, 2.45) is 0 Å². The van der Waals surface area contributed by atoms with Crippen LogP contribution in [-0.2, 0) is 30.8 Å². The standard InChI is InChI=1S/C5H6O3.Ni/c1-3-8-5(7)4(2)6;/h3H,1H2,2H3;. The summed E-state index contributed by atoms with van der Waals surface area (Å²) < 4.78 is 4.08. The Balaban J connectivity index is 0. The summed E-state index contributed by atoms with van der Waals surface area (Å²) in [7, 11) is 0. The van der Waals surface area contributed by atoms with Gasteiger partial charge in [0.15, 0.2) is 0 Å². The van der Waals surface area contributed by atoms with Crippen molar-refractivity contribution in [2.45, 2.75) is 6.92 Å². The Morgan fingerprint density at radius 3 is 2.11 bits per heavy atom. The largest absolute Gasteiger partial charge is 0.429 e. The monoisotopic (exact) mass is 172 g/mol. The number of ketones is 1. The molecule has 0 bridgehead atoms. The van der Waals surface area contributed by atoms with Crippen LogP contribution in [0.1, 0.15) is 6.92 Å². The average Bonchev–Trinajstić information content (AvgIpc) is 1.67. The van der Waals surface area contributed by atoms with Crippen LogP contribution in [0.4, 0.5) is 0 Å². The van der Waals surface area contributed by atoms with Gasteiger partial charge in [-0.25, -0.2) is 4.79 Å². The third kappa shape index (κ3) is 5.24. The van der Waals surface area contributed by atoms with Crippen molar-refractivity contribution in [3.63, 3.8) is 0 Å². The molecule has 0 aromatic heterocycles. The molecule has 54 valence electrons. The number of Topliss-reactive ketones (excluding diaryl/α,β-unsaturated/α-hetero) is 1. The van der Waals surface area contributed by atoms with E-state index in [1.807, 2.05) is 0 Å². The van der Waals surface area contributed by atoms with E-state index in [0.29, 0.717) is 0 Å². The SMILES string of the molecule is C=COC(=O)C(C)=O.[Ni]. The first-order valence-corrected chi connectivity index (χ1v) is 2.01. The van der Waals surface area contributed by atoms with E-state index in [4.69, 9.17) is 0 Å². The maximum absolute atomic E-state index is 10.1. The fourth-order valence-electron chi connectivity index (χ4n) is 0.159. The number of rotatable bonds is 2. The van der Waals surface area contributed by atoms with E-state index in [0.717, 1.165) is 13.2 Å². The van der Waals surface area contributed by atoms with Crippen molar-refractivity contribution in [3.05, 3.63) is 12.8 Å². The number of hydrogen-bond donors (Lipinski definition) is 0. The van der Waals surface area contributed by atoms with Crippen molar-refractivity contribution in [1.29, 1.82) is 0 Å². The second-order valence-electron chi connectivity index (χ2n) is 1.13. The summed E-state index contributed by atoms with van der Waals surface area (Å²) in [6.07, 6.45) is 0.920. The summed E-state index contributed by atoms with van der Waals surface area (Å²) in [5, 5.41) is 0. The molecule has 0 spiro atoms. The molecule has 9 heavy (non-hydrogen) atoms. The second-order valence-corrected chi connectivity index (χ2v) is 1.13. The molecule has 0 unspecified atom stereocenters. The summed E-state index contributed by atoms with van der Waals surface area (Å²) >= 11 is 0. The van der Waals surface area contributed by atoms with Crippen LogP contribution >= 0.6 is 0 Å². The molecule has 0 aliphatic heterocycles. The fourth-order valence-corrected chi connectivity index (χ4v) is 0.159. The minimum atomic E-state index is -0.875. The molecule has 0 saturated carbocycles. The molecule has 0 rings (SSSR count). The van der Waals surface area contributed by atoms with E-state index in [9.17, 15) is 9.59 Å². The Morgan fingerprint density at radius 1 is 1.56 bits per heavy atom. The van der Waals surface area contributed by atoms with Gasteiger partial charge in [0.1, 0.15) is 0 Å². The summed E-state index contributed by atoms with van der Waals surface area (Å²) in [4.78, 5) is 20.1. The average molecular weight is 173 g/mol. The zero-order chi connectivity index (χ0) is 6.57. The minimum Gasteiger partial charge on any atom is -0.429 e. The Labute approximate surface area is 63.0 Å². The van der Waals surface area contributed by atoms with Crippen LogP contribution in [0.3, 0.4) is 0 Å². The molecule has 0 aromatic rings. The number of carbonyl (C=O) groups excluding carboxylic acids is 2. The quantitative estimate of drug-likeness (QED) is 0.260. The maximum Gasteiger partial charge on any atom is 0.379 e. The molecule has 0 atom stereocenters. The topological polar surface area (TPSA) is 43.4 Å². The van der Waals surface area contributed by atoms with Crippen LogP contribution in [0, 0.1) is 0 Å². The summed E-state index contributed by atoms with van der Waals surface area (Å²) in [5.41, 5.74) is 0. The van der Waals surface area contributed by atoms with E-state index >= 15 is 0 Å². The number of esters is 1. The Hall–Kier alpha value is -0.626. The first-order chi connectivity index (χ1) is 3.68. The van der Waals surface area contributed by atoms with E-state index in [-0.39, 0.29) is 16.5 Å². The normalized spacial score (nSPS) is 6.78. The van der Waals surface area contributed by atoms with Gasteiger partial charge in [0.05, 0.1) is 6.26 Å². The van der Waals surface area contributed by atoms with Crippen LogP contribution in [0.5, 0.6) is 0 Å². The van der Waals surface area contributed by atoms with Crippen LogP contribution in [0.15, 0.2) is 12.8 Å². The van der Waals surface area contributed by atoms with Gasteiger partial charge in [-0.2, -0.15) is 0 Å². The summed E-state index contributed by atoms with van der Waals surface area (Å²) in [5.74, 6) is -1.50. The maximum atomic E-state index is 10.1. The fraction of sp³-hybridized carbons (Fsp3) is 0.200. The van der Waals surface area contributed by atoms with Crippen molar-refractivity contribution in [1.82, 2.24) is 0 Å². The first-order valence-electron chi connectivity index (χ1n) is 2.01. The number of hydrogen-bond acceptors (Lipinski definition) is 3. The van der Waals surface area contributed by atoms with Crippen molar-refractivity contribution < 1.29 is 30.8 Å². The molecule has 0 saturated heterocycles. The molecule has 0 radical (unpaired) electrons. The van der Waals surface area contributed by atoms with Gasteiger partial charge in [-0.15, -0.1) is 0 Å².